The van der Waals surface area contributed by atoms with Crippen LogP contribution < -0.4 is 0 Å². The molecule has 144 valence electrons. The van der Waals surface area contributed by atoms with Crippen LogP contribution in [0.1, 0.15) is 11.1 Å². The second-order valence-corrected chi connectivity index (χ2v) is 6.49. The molecular weight excluding hydrogens is 360 g/mol. The predicted molar refractivity (Wildman–Crippen MR) is 99.7 cm³/mol. The Morgan fingerprint density at radius 1 is 0.786 bits per heavy atom. The van der Waals surface area contributed by atoms with E-state index in [9.17, 15) is 19.5 Å². The number of carbonyl (C=O) groups excluding carboxylic acids is 2. The van der Waals surface area contributed by atoms with Crippen molar-refractivity contribution in [3.05, 3.63) is 83.9 Å². The molecule has 0 spiro atoms. The Morgan fingerprint density at radius 3 is 1.61 bits per heavy atom. The molecule has 1 aliphatic carbocycles. The average molecular weight is 380 g/mol. The second-order valence-electron chi connectivity index (χ2n) is 6.49. The fraction of sp³-hybridized carbons (Fsp3) is 0.227. The van der Waals surface area contributed by atoms with Gasteiger partial charge in [-0.1, -0.05) is 72.8 Å². The lowest BCUT2D eigenvalue weighted by Crippen LogP contribution is -2.42. The quantitative estimate of drug-likeness (QED) is 0.430. The van der Waals surface area contributed by atoms with Gasteiger partial charge in [0.1, 0.15) is 13.2 Å². The topological polar surface area (TPSA) is 89.9 Å². The maximum absolute atomic E-state index is 12.6. The number of carbonyl (C=O) groups is 3. The van der Waals surface area contributed by atoms with Crippen LogP contribution in [0.4, 0.5) is 0 Å². The fourth-order valence-corrected chi connectivity index (χ4v) is 2.96. The van der Waals surface area contributed by atoms with Crippen LogP contribution in [0.2, 0.25) is 0 Å². The van der Waals surface area contributed by atoms with Gasteiger partial charge in [0, 0.05) is 5.92 Å². The third kappa shape index (κ3) is 4.65. The van der Waals surface area contributed by atoms with E-state index in [4.69, 9.17) is 9.47 Å². The van der Waals surface area contributed by atoms with Crippen molar-refractivity contribution >= 4 is 17.9 Å². The first kappa shape index (κ1) is 19.4. The summed E-state index contributed by atoms with van der Waals surface area (Å²) in [5, 5.41) is 9.28. The number of aliphatic carboxylic acids is 1. The number of hydrogen-bond donors (Lipinski definition) is 1. The highest BCUT2D eigenvalue weighted by molar-refractivity contribution is 5.96. The molecule has 6 nitrogen and oxygen atoms in total. The minimum atomic E-state index is -1.32. The van der Waals surface area contributed by atoms with Crippen LogP contribution in [-0.4, -0.2) is 23.0 Å². The molecular formula is C22H20O6. The molecule has 6 heteroatoms. The lowest BCUT2D eigenvalue weighted by Gasteiger charge is -2.30. The smallest absolute Gasteiger partial charge is 0.321 e. The Balaban J connectivity index is 1.69. The number of carboxylic acid groups (broad SMARTS) is 1. The summed E-state index contributed by atoms with van der Waals surface area (Å²) >= 11 is 0. The number of esters is 2. The Bertz CT molecular complexity index is 804. The van der Waals surface area contributed by atoms with E-state index in [0.29, 0.717) is 0 Å². The van der Waals surface area contributed by atoms with Crippen molar-refractivity contribution in [2.24, 2.45) is 17.8 Å². The molecule has 3 rings (SSSR count). The first-order valence-corrected chi connectivity index (χ1v) is 8.88. The summed E-state index contributed by atoms with van der Waals surface area (Å²) in [6.45, 7) is -0.00732. The van der Waals surface area contributed by atoms with E-state index in [2.05, 4.69) is 0 Å². The molecule has 0 radical (unpaired) electrons. The van der Waals surface area contributed by atoms with E-state index in [1.807, 2.05) is 36.4 Å². The highest BCUT2D eigenvalue weighted by Crippen LogP contribution is 2.34. The first-order chi connectivity index (χ1) is 13.6. The lowest BCUT2D eigenvalue weighted by molar-refractivity contribution is -0.167. The molecule has 2 aromatic carbocycles. The molecule has 0 bridgehead atoms. The van der Waals surface area contributed by atoms with Gasteiger partial charge in [0.2, 0.25) is 0 Å². The summed E-state index contributed by atoms with van der Waals surface area (Å²) in [6, 6.07) is 18.1. The maximum Gasteiger partial charge on any atom is 0.321 e. The average Bonchev–Trinajstić information content (AvgIpc) is 2.68. The van der Waals surface area contributed by atoms with Crippen LogP contribution in [0.25, 0.3) is 0 Å². The monoisotopic (exact) mass is 380 g/mol. The van der Waals surface area contributed by atoms with Gasteiger partial charge in [0.15, 0.2) is 5.92 Å². The minimum Gasteiger partial charge on any atom is -0.481 e. The van der Waals surface area contributed by atoms with Gasteiger partial charge < -0.3 is 14.6 Å². The maximum atomic E-state index is 12.6. The van der Waals surface area contributed by atoms with Crippen LogP contribution in [0.5, 0.6) is 0 Å². The third-order valence-electron chi connectivity index (χ3n) is 4.58. The molecule has 0 aromatic heterocycles. The van der Waals surface area contributed by atoms with Crippen LogP contribution in [0.3, 0.4) is 0 Å². The number of hydrogen-bond acceptors (Lipinski definition) is 5. The van der Waals surface area contributed by atoms with Gasteiger partial charge >= 0.3 is 17.9 Å². The Hall–Kier alpha value is -3.41. The Morgan fingerprint density at radius 2 is 1.25 bits per heavy atom. The zero-order chi connectivity index (χ0) is 19.9. The second kappa shape index (κ2) is 8.99. The molecule has 0 heterocycles. The molecule has 1 aliphatic rings. The normalized spacial score (nSPS) is 17.6. The highest BCUT2D eigenvalue weighted by Gasteiger charge is 2.45. The molecule has 0 amide bonds. The molecule has 2 atom stereocenters. The summed E-state index contributed by atoms with van der Waals surface area (Å²) in [6.07, 6.45) is 2.99. The molecule has 0 aliphatic heterocycles. The number of benzene rings is 2. The van der Waals surface area contributed by atoms with Crippen molar-refractivity contribution in [2.75, 3.05) is 0 Å². The van der Waals surface area contributed by atoms with Crippen molar-refractivity contribution in [2.45, 2.75) is 13.2 Å². The van der Waals surface area contributed by atoms with E-state index in [1.165, 1.54) is 12.2 Å². The summed E-state index contributed by atoms with van der Waals surface area (Å²) < 4.78 is 10.6. The van der Waals surface area contributed by atoms with E-state index in [1.54, 1.807) is 24.3 Å². The van der Waals surface area contributed by atoms with Crippen LogP contribution >= 0.6 is 0 Å². The van der Waals surface area contributed by atoms with Crippen LogP contribution in [-0.2, 0) is 37.1 Å². The van der Waals surface area contributed by atoms with E-state index in [0.717, 1.165) is 11.1 Å². The van der Waals surface area contributed by atoms with Crippen LogP contribution in [0.15, 0.2) is 72.8 Å². The first-order valence-electron chi connectivity index (χ1n) is 8.88. The van der Waals surface area contributed by atoms with Crippen molar-refractivity contribution in [3.63, 3.8) is 0 Å². The summed E-state index contributed by atoms with van der Waals surface area (Å²) in [4.78, 5) is 36.6. The summed E-state index contributed by atoms with van der Waals surface area (Å²) in [7, 11) is 0. The van der Waals surface area contributed by atoms with Gasteiger partial charge in [-0.3, -0.25) is 14.4 Å². The lowest BCUT2D eigenvalue weighted by atomic mass is 9.73. The number of carboxylic acids is 1. The van der Waals surface area contributed by atoms with Crippen LogP contribution in [0, 0.1) is 17.8 Å². The zero-order valence-electron chi connectivity index (χ0n) is 15.1. The van der Waals surface area contributed by atoms with Crippen molar-refractivity contribution < 1.29 is 29.0 Å². The van der Waals surface area contributed by atoms with Gasteiger partial charge in [0.25, 0.3) is 0 Å². The molecule has 2 aromatic rings. The molecule has 0 fully saturated rings. The number of allylic oxidation sites excluding steroid dienone is 1. The van der Waals surface area contributed by atoms with E-state index < -0.39 is 35.7 Å². The number of rotatable bonds is 8. The van der Waals surface area contributed by atoms with Crippen molar-refractivity contribution in [1.29, 1.82) is 0 Å². The van der Waals surface area contributed by atoms with Gasteiger partial charge in [0.05, 0.1) is 5.92 Å². The zero-order valence-corrected chi connectivity index (χ0v) is 15.1. The minimum absolute atomic E-state index is 0.00366. The van der Waals surface area contributed by atoms with E-state index >= 15 is 0 Å². The van der Waals surface area contributed by atoms with Gasteiger partial charge in [-0.2, -0.15) is 0 Å². The van der Waals surface area contributed by atoms with Gasteiger partial charge in [-0.25, -0.2) is 0 Å². The summed E-state index contributed by atoms with van der Waals surface area (Å²) in [5.74, 6) is -5.70. The van der Waals surface area contributed by atoms with Gasteiger partial charge in [-0.15, -0.1) is 0 Å². The van der Waals surface area contributed by atoms with Crippen molar-refractivity contribution in [3.8, 4) is 0 Å². The van der Waals surface area contributed by atoms with E-state index in [-0.39, 0.29) is 13.2 Å². The molecule has 0 saturated carbocycles. The molecule has 1 N–H and O–H groups in total. The standard InChI is InChI=1S/C22H20O6/c23-20(24)18-12-11-17(18)19(21(25)27-13-15-7-3-1-4-8-15)22(26)28-14-16-9-5-2-6-10-16/h1-12,17-19H,13-14H2,(H,23,24)/t17-,18+/m1/s1. The molecule has 28 heavy (non-hydrogen) atoms. The Kier molecular flexibility index (Phi) is 6.22. The largest absolute Gasteiger partial charge is 0.481 e. The van der Waals surface area contributed by atoms with Gasteiger partial charge in [-0.05, 0) is 11.1 Å². The molecule has 0 saturated heterocycles. The summed E-state index contributed by atoms with van der Waals surface area (Å²) in [5.41, 5.74) is 1.54. The van der Waals surface area contributed by atoms with Crippen molar-refractivity contribution in [1.82, 2.24) is 0 Å². The number of ether oxygens (including phenoxy) is 2. The third-order valence-corrected chi connectivity index (χ3v) is 4.58. The highest BCUT2D eigenvalue weighted by atomic mass is 16.6. The molecule has 0 unspecified atom stereocenters. The fourth-order valence-electron chi connectivity index (χ4n) is 2.96. The Labute approximate surface area is 162 Å². The predicted octanol–water partition coefficient (Wildman–Crippen LogP) is 2.98. The SMILES string of the molecule is O=C(OCc1ccccc1)C(C(=O)OCc1ccccc1)[C@@H]1C=C[C@@H]1C(=O)O.